The van der Waals surface area contributed by atoms with Gasteiger partial charge in [0.05, 0.1) is 0 Å². The van der Waals surface area contributed by atoms with Gasteiger partial charge in [0.25, 0.3) is 0 Å². The molecule has 1 aromatic rings. The number of benzene rings is 1. The molecule has 0 unspecified atom stereocenters. The van der Waals surface area contributed by atoms with E-state index in [0.717, 1.165) is 12.1 Å². The molecule has 0 aliphatic carbocycles. The summed E-state index contributed by atoms with van der Waals surface area (Å²) in [5.74, 6) is -1.43. The highest BCUT2D eigenvalue weighted by Crippen LogP contribution is 2.31. The normalized spacial score (nSPS) is 17.7. The average molecular weight is 252 g/mol. The zero-order valence-electron chi connectivity index (χ0n) is 8.77. The van der Waals surface area contributed by atoms with Crippen molar-refractivity contribution in [3.63, 3.8) is 0 Å². The molecule has 1 N–H and O–H groups in total. The predicted octanol–water partition coefficient (Wildman–Crippen LogP) is 2.52. The fourth-order valence-corrected chi connectivity index (χ4v) is 2.66. The number of hydrogen-bond acceptors (Lipinski definition) is 3. The maximum Gasteiger partial charge on any atom is 0.328 e. The molecule has 1 heterocycles. The van der Waals surface area contributed by atoms with Crippen molar-refractivity contribution in [1.29, 1.82) is 0 Å². The minimum absolute atomic E-state index is 0.217. The largest absolute Gasteiger partial charge is 0.478 e. The molecule has 3 nitrogen and oxygen atoms in total. The Kier molecular flexibility index (Phi) is 3.28. The third-order valence-corrected chi connectivity index (χ3v) is 3.48. The second kappa shape index (κ2) is 4.71. The Balaban J connectivity index is 2.49. The van der Waals surface area contributed by atoms with Crippen LogP contribution in [0.4, 0.5) is 4.39 Å². The zero-order chi connectivity index (χ0) is 12.4. The molecule has 0 amide bonds. The summed E-state index contributed by atoms with van der Waals surface area (Å²) in [7, 11) is 0. The Labute approximate surface area is 101 Å². The van der Waals surface area contributed by atoms with Crippen LogP contribution in [0.15, 0.2) is 34.7 Å². The predicted molar refractivity (Wildman–Crippen MR) is 61.8 cm³/mol. The minimum atomic E-state index is -1.15. The monoisotopic (exact) mass is 252 g/mol. The lowest BCUT2D eigenvalue weighted by atomic mass is 10.0. The first-order valence-corrected chi connectivity index (χ1v) is 5.97. The molecule has 0 radical (unpaired) electrons. The van der Waals surface area contributed by atoms with E-state index in [-0.39, 0.29) is 11.1 Å². The Bertz CT molecular complexity index is 522. The fraction of sp³-hybridized carbons (Fsp3) is 0.167. The molecule has 0 bridgehead atoms. The quantitative estimate of drug-likeness (QED) is 0.780. The summed E-state index contributed by atoms with van der Waals surface area (Å²) in [5, 5.41) is 8.67. The molecule has 1 aliphatic heterocycles. The number of fused-ring (bicyclic) bond motifs is 1. The molecule has 1 aliphatic rings. The lowest BCUT2D eigenvalue weighted by Gasteiger charge is -2.03. The number of thioether (sulfide) groups is 1. The first-order chi connectivity index (χ1) is 8.08. The molecule has 2 rings (SSSR count). The van der Waals surface area contributed by atoms with Crippen LogP contribution < -0.4 is 0 Å². The Morgan fingerprint density at radius 3 is 2.94 bits per heavy atom. The second-order valence-corrected chi connectivity index (χ2v) is 4.71. The molecule has 0 fully saturated rings. The number of Topliss-reactive ketones (excluding diaryl/α,β-unsaturated/α-hetero) is 1. The molecular weight excluding hydrogens is 243 g/mol. The van der Waals surface area contributed by atoms with Crippen molar-refractivity contribution in [2.75, 3.05) is 5.75 Å². The molecule has 88 valence electrons. The molecule has 17 heavy (non-hydrogen) atoms. The Morgan fingerprint density at radius 1 is 1.47 bits per heavy atom. The van der Waals surface area contributed by atoms with E-state index in [1.165, 1.54) is 17.8 Å². The number of halogens is 1. The van der Waals surface area contributed by atoms with Gasteiger partial charge in [-0.1, -0.05) is 0 Å². The van der Waals surface area contributed by atoms with Crippen molar-refractivity contribution in [3.8, 4) is 0 Å². The number of ketones is 1. The number of carbonyl (C=O) groups is 2. The van der Waals surface area contributed by atoms with E-state index >= 15 is 0 Å². The van der Waals surface area contributed by atoms with Crippen LogP contribution >= 0.6 is 11.8 Å². The van der Waals surface area contributed by atoms with Gasteiger partial charge in [-0.2, -0.15) is 0 Å². The zero-order valence-corrected chi connectivity index (χ0v) is 9.59. The van der Waals surface area contributed by atoms with E-state index in [1.807, 2.05) is 0 Å². The van der Waals surface area contributed by atoms with E-state index < -0.39 is 17.6 Å². The number of rotatable bonds is 1. The highest BCUT2D eigenvalue weighted by molar-refractivity contribution is 7.99. The van der Waals surface area contributed by atoms with E-state index in [9.17, 15) is 14.0 Å². The van der Waals surface area contributed by atoms with Crippen LogP contribution in [0, 0.1) is 5.82 Å². The molecule has 0 saturated heterocycles. The average Bonchev–Trinajstić information content (AvgIpc) is 2.40. The molecule has 0 atom stereocenters. The van der Waals surface area contributed by atoms with E-state index in [1.54, 1.807) is 6.07 Å². The number of hydrogen-bond donors (Lipinski definition) is 1. The fourth-order valence-electron chi connectivity index (χ4n) is 1.65. The maximum atomic E-state index is 13.1. The van der Waals surface area contributed by atoms with Gasteiger partial charge in [0.2, 0.25) is 0 Å². The van der Waals surface area contributed by atoms with Gasteiger partial charge < -0.3 is 5.11 Å². The third kappa shape index (κ3) is 2.55. The van der Waals surface area contributed by atoms with Crippen molar-refractivity contribution in [2.24, 2.45) is 0 Å². The molecule has 0 saturated carbocycles. The minimum Gasteiger partial charge on any atom is -0.478 e. The van der Waals surface area contributed by atoms with Crippen molar-refractivity contribution < 1.29 is 19.1 Å². The van der Waals surface area contributed by atoms with Crippen LogP contribution in [-0.4, -0.2) is 22.6 Å². The SMILES string of the molecule is O=C(O)C=C1CCSc2ccc(F)cc2C1=O. The molecular formula is C12H9FO3S. The highest BCUT2D eigenvalue weighted by Gasteiger charge is 2.21. The van der Waals surface area contributed by atoms with Gasteiger partial charge in [-0.3, -0.25) is 4.79 Å². The summed E-state index contributed by atoms with van der Waals surface area (Å²) in [6, 6.07) is 4.01. The summed E-state index contributed by atoms with van der Waals surface area (Å²) in [5.41, 5.74) is 0.467. The van der Waals surface area contributed by atoms with Crippen molar-refractivity contribution in [2.45, 2.75) is 11.3 Å². The van der Waals surface area contributed by atoms with Crippen molar-refractivity contribution in [1.82, 2.24) is 0 Å². The van der Waals surface area contributed by atoms with Crippen molar-refractivity contribution >= 4 is 23.5 Å². The summed E-state index contributed by atoms with van der Waals surface area (Å²) in [4.78, 5) is 23.3. The topological polar surface area (TPSA) is 54.4 Å². The lowest BCUT2D eigenvalue weighted by molar-refractivity contribution is -0.131. The van der Waals surface area contributed by atoms with Gasteiger partial charge in [0.1, 0.15) is 5.82 Å². The first kappa shape index (κ1) is 11.9. The molecule has 0 spiro atoms. The Hall–Kier alpha value is -1.62. The lowest BCUT2D eigenvalue weighted by Crippen LogP contribution is -2.06. The smallest absolute Gasteiger partial charge is 0.328 e. The second-order valence-electron chi connectivity index (χ2n) is 3.58. The standard InChI is InChI=1S/C12H9FO3S/c13-8-1-2-10-9(6-8)12(16)7(3-4-17-10)5-11(14)15/h1-2,5-6H,3-4H2,(H,14,15). The van der Waals surface area contributed by atoms with E-state index in [4.69, 9.17) is 5.11 Å². The van der Waals surface area contributed by atoms with Crippen molar-refractivity contribution in [3.05, 3.63) is 41.2 Å². The first-order valence-electron chi connectivity index (χ1n) is 4.98. The maximum absolute atomic E-state index is 13.1. The van der Waals surface area contributed by atoms with Crippen LogP contribution in [-0.2, 0) is 4.79 Å². The highest BCUT2D eigenvalue weighted by atomic mass is 32.2. The summed E-state index contributed by atoms with van der Waals surface area (Å²) in [6.45, 7) is 0. The molecule has 1 aromatic carbocycles. The van der Waals surface area contributed by atoms with Gasteiger partial charge in [-0.25, -0.2) is 9.18 Å². The summed E-state index contributed by atoms with van der Waals surface area (Å²) in [6.07, 6.45) is 1.29. The number of carbonyl (C=O) groups excluding carboxylic acids is 1. The van der Waals surface area contributed by atoms with Gasteiger partial charge in [0, 0.05) is 27.9 Å². The molecule has 5 heteroatoms. The molecule has 0 aromatic heterocycles. The van der Waals surface area contributed by atoms with Gasteiger partial charge >= 0.3 is 5.97 Å². The van der Waals surface area contributed by atoms with Crippen LogP contribution in [0.2, 0.25) is 0 Å². The van der Waals surface area contributed by atoms with Gasteiger partial charge in [-0.15, -0.1) is 11.8 Å². The van der Waals surface area contributed by atoms with Gasteiger partial charge in [-0.05, 0) is 24.6 Å². The van der Waals surface area contributed by atoms with Crippen LogP contribution in [0.25, 0.3) is 0 Å². The van der Waals surface area contributed by atoms with Crippen LogP contribution in [0.1, 0.15) is 16.8 Å². The number of carboxylic acids is 1. The summed E-state index contributed by atoms with van der Waals surface area (Å²) < 4.78 is 13.1. The van der Waals surface area contributed by atoms with E-state index in [2.05, 4.69) is 0 Å². The van der Waals surface area contributed by atoms with Gasteiger partial charge in [0.15, 0.2) is 5.78 Å². The number of allylic oxidation sites excluding steroid dienone is 1. The van der Waals surface area contributed by atoms with Crippen LogP contribution in [0.5, 0.6) is 0 Å². The number of aliphatic carboxylic acids is 1. The summed E-state index contributed by atoms with van der Waals surface area (Å²) >= 11 is 1.43. The Morgan fingerprint density at radius 2 is 2.24 bits per heavy atom. The number of carboxylic acid groups (broad SMARTS) is 1. The third-order valence-electron chi connectivity index (χ3n) is 2.40. The van der Waals surface area contributed by atoms with Crippen LogP contribution in [0.3, 0.4) is 0 Å². The van der Waals surface area contributed by atoms with E-state index in [0.29, 0.717) is 17.1 Å².